The van der Waals surface area contributed by atoms with E-state index in [9.17, 15) is 4.79 Å². The Kier molecular flexibility index (Phi) is 2.99. The third kappa shape index (κ3) is 3.76. The van der Waals surface area contributed by atoms with Crippen LogP contribution in [0.25, 0.3) is 0 Å². The van der Waals surface area contributed by atoms with Crippen molar-refractivity contribution in [1.29, 1.82) is 0 Å². The van der Waals surface area contributed by atoms with Crippen molar-refractivity contribution in [2.24, 2.45) is 5.92 Å². The fraction of sp³-hybridized carbons (Fsp3) is 0.571. The van der Waals surface area contributed by atoms with E-state index in [0.29, 0.717) is 6.42 Å². The lowest BCUT2D eigenvalue weighted by Crippen LogP contribution is -2.08. The molecule has 0 heterocycles. The summed E-state index contributed by atoms with van der Waals surface area (Å²) in [6.45, 7) is 7.12. The van der Waals surface area contributed by atoms with Crippen molar-refractivity contribution in [1.82, 2.24) is 0 Å². The summed E-state index contributed by atoms with van der Waals surface area (Å²) in [7, 11) is 0. The smallest absolute Gasteiger partial charge is 0.306 e. The molecular formula is C7H12O2. The van der Waals surface area contributed by atoms with Crippen LogP contribution in [0.3, 0.4) is 0 Å². The molecule has 0 spiro atoms. The fourth-order valence-corrected chi connectivity index (χ4v) is 0.610. The molecule has 0 aromatic carbocycles. The van der Waals surface area contributed by atoms with E-state index in [0.717, 1.165) is 5.57 Å². The van der Waals surface area contributed by atoms with Gasteiger partial charge in [0.2, 0.25) is 0 Å². The summed E-state index contributed by atoms with van der Waals surface area (Å²) >= 11 is 0. The van der Waals surface area contributed by atoms with Gasteiger partial charge in [-0.1, -0.05) is 12.5 Å². The molecular weight excluding hydrogens is 116 g/mol. The van der Waals surface area contributed by atoms with E-state index in [2.05, 4.69) is 6.58 Å². The van der Waals surface area contributed by atoms with Crippen LogP contribution in [-0.2, 0) is 4.79 Å². The lowest BCUT2D eigenvalue weighted by Gasteiger charge is -2.02. The predicted molar refractivity (Wildman–Crippen MR) is 36.2 cm³/mol. The zero-order valence-electron chi connectivity index (χ0n) is 5.85. The molecule has 0 bridgehead atoms. The number of hydrogen-bond acceptors (Lipinski definition) is 1. The average molecular weight is 128 g/mol. The van der Waals surface area contributed by atoms with E-state index in [1.165, 1.54) is 0 Å². The third-order valence-corrected chi connectivity index (χ3v) is 1.08. The molecule has 0 saturated carbocycles. The molecule has 2 nitrogen and oxygen atoms in total. The van der Waals surface area contributed by atoms with Crippen molar-refractivity contribution < 1.29 is 9.90 Å². The minimum atomic E-state index is -0.752. The number of aliphatic carboxylic acids is 1. The maximum atomic E-state index is 10.2. The minimum absolute atomic E-state index is 0.289. The molecule has 0 saturated heterocycles. The van der Waals surface area contributed by atoms with Gasteiger partial charge in [-0.15, -0.1) is 6.58 Å². The molecule has 1 unspecified atom stereocenters. The Bertz CT molecular complexity index is 127. The van der Waals surface area contributed by atoms with Crippen LogP contribution in [0.5, 0.6) is 0 Å². The molecule has 9 heavy (non-hydrogen) atoms. The number of carbonyl (C=O) groups is 1. The van der Waals surface area contributed by atoms with Gasteiger partial charge >= 0.3 is 5.97 Å². The first kappa shape index (κ1) is 8.21. The normalized spacial score (nSPS) is 12.7. The molecule has 2 heteroatoms. The maximum Gasteiger partial charge on any atom is 0.306 e. The highest BCUT2D eigenvalue weighted by atomic mass is 16.4. The maximum absolute atomic E-state index is 10.2. The van der Waals surface area contributed by atoms with Crippen LogP contribution < -0.4 is 0 Å². The summed E-state index contributed by atoms with van der Waals surface area (Å²) in [6, 6.07) is 0. The van der Waals surface area contributed by atoms with E-state index < -0.39 is 5.97 Å². The summed E-state index contributed by atoms with van der Waals surface area (Å²) < 4.78 is 0. The van der Waals surface area contributed by atoms with Crippen LogP contribution in [0.2, 0.25) is 0 Å². The lowest BCUT2D eigenvalue weighted by atomic mass is 10.0. The highest BCUT2D eigenvalue weighted by molar-refractivity contribution is 5.69. The third-order valence-electron chi connectivity index (χ3n) is 1.08. The van der Waals surface area contributed by atoms with Crippen molar-refractivity contribution in [3.05, 3.63) is 12.2 Å². The monoisotopic (exact) mass is 128 g/mol. The van der Waals surface area contributed by atoms with Gasteiger partial charge < -0.3 is 5.11 Å². The zero-order valence-corrected chi connectivity index (χ0v) is 5.85. The average Bonchev–Trinajstić information content (AvgIpc) is 1.63. The van der Waals surface area contributed by atoms with Gasteiger partial charge in [-0.25, -0.2) is 0 Å². The molecule has 0 aliphatic heterocycles. The van der Waals surface area contributed by atoms with E-state index in [1.807, 2.05) is 6.92 Å². The lowest BCUT2D eigenvalue weighted by molar-refractivity contribution is -0.141. The molecule has 0 fully saturated rings. The first-order valence-corrected chi connectivity index (χ1v) is 2.91. The minimum Gasteiger partial charge on any atom is -0.481 e. The summed E-state index contributed by atoms with van der Waals surface area (Å²) in [5, 5.41) is 8.39. The van der Waals surface area contributed by atoms with Gasteiger partial charge in [0, 0.05) is 0 Å². The van der Waals surface area contributed by atoms with Crippen LogP contribution in [0, 0.1) is 5.92 Å². The molecule has 0 aliphatic carbocycles. The molecule has 52 valence electrons. The largest absolute Gasteiger partial charge is 0.481 e. The standard InChI is InChI=1S/C7H12O2/c1-5(2)4-6(3)7(8)9/h6H,1,4H2,2-3H3,(H,8,9). The van der Waals surface area contributed by atoms with Crippen LogP contribution in [0.4, 0.5) is 0 Å². The molecule has 1 N–H and O–H groups in total. The summed E-state index contributed by atoms with van der Waals surface area (Å²) in [5.41, 5.74) is 0.921. The Morgan fingerprint density at radius 3 is 2.33 bits per heavy atom. The van der Waals surface area contributed by atoms with Crippen molar-refractivity contribution in [2.45, 2.75) is 20.3 Å². The molecule has 0 amide bonds. The Hall–Kier alpha value is -0.790. The van der Waals surface area contributed by atoms with Gasteiger partial charge in [-0.2, -0.15) is 0 Å². The van der Waals surface area contributed by atoms with Gasteiger partial charge in [0.25, 0.3) is 0 Å². The molecule has 0 aromatic rings. The predicted octanol–water partition coefficient (Wildman–Crippen LogP) is 1.67. The first-order valence-electron chi connectivity index (χ1n) is 2.91. The second-order valence-corrected chi connectivity index (χ2v) is 2.40. The highest BCUT2D eigenvalue weighted by Crippen LogP contribution is 2.07. The molecule has 0 aliphatic rings. The van der Waals surface area contributed by atoms with Crippen molar-refractivity contribution in [2.75, 3.05) is 0 Å². The van der Waals surface area contributed by atoms with E-state index in [1.54, 1.807) is 6.92 Å². The SMILES string of the molecule is C=C(C)CC(C)C(=O)O. The van der Waals surface area contributed by atoms with E-state index in [4.69, 9.17) is 5.11 Å². The van der Waals surface area contributed by atoms with Crippen molar-refractivity contribution in [3.63, 3.8) is 0 Å². The molecule has 0 aromatic heterocycles. The van der Waals surface area contributed by atoms with Gasteiger partial charge in [0.05, 0.1) is 5.92 Å². The molecule has 0 radical (unpaired) electrons. The Morgan fingerprint density at radius 1 is 1.78 bits per heavy atom. The van der Waals surface area contributed by atoms with E-state index >= 15 is 0 Å². The quantitative estimate of drug-likeness (QED) is 0.587. The number of allylic oxidation sites excluding steroid dienone is 1. The van der Waals surface area contributed by atoms with Crippen LogP contribution in [-0.4, -0.2) is 11.1 Å². The Balaban J connectivity index is 3.63. The number of carboxylic acids is 1. The van der Waals surface area contributed by atoms with Gasteiger partial charge in [-0.05, 0) is 13.3 Å². The molecule has 0 rings (SSSR count). The summed E-state index contributed by atoms with van der Waals surface area (Å²) in [4.78, 5) is 10.2. The van der Waals surface area contributed by atoms with Crippen LogP contribution in [0.15, 0.2) is 12.2 Å². The Labute approximate surface area is 55.2 Å². The van der Waals surface area contributed by atoms with E-state index in [-0.39, 0.29) is 5.92 Å². The van der Waals surface area contributed by atoms with Crippen molar-refractivity contribution in [3.8, 4) is 0 Å². The fourth-order valence-electron chi connectivity index (χ4n) is 0.610. The van der Waals surface area contributed by atoms with Gasteiger partial charge in [0.1, 0.15) is 0 Å². The Morgan fingerprint density at radius 2 is 2.22 bits per heavy atom. The highest BCUT2D eigenvalue weighted by Gasteiger charge is 2.09. The number of hydrogen-bond donors (Lipinski definition) is 1. The second kappa shape index (κ2) is 3.28. The zero-order chi connectivity index (χ0) is 7.44. The number of carboxylic acid groups (broad SMARTS) is 1. The first-order chi connectivity index (χ1) is 4.04. The summed E-state index contributed by atoms with van der Waals surface area (Å²) in [5.74, 6) is -1.04. The van der Waals surface area contributed by atoms with Gasteiger partial charge in [-0.3, -0.25) is 4.79 Å². The number of rotatable bonds is 3. The summed E-state index contributed by atoms with van der Waals surface area (Å²) in [6.07, 6.45) is 0.579. The topological polar surface area (TPSA) is 37.3 Å². The van der Waals surface area contributed by atoms with Crippen LogP contribution in [0.1, 0.15) is 20.3 Å². The van der Waals surface area contributed by atoms with Crippen LogP contribution >= 0.6 is 0 Å². The van der Waals surface area contributed by atoms with Gasteiger partial charge in [0.15, 0.2) is 0 Å². The second-order valence-electron chi connectivity index (χ2n) is 2.40. The molecule has 1 atom stereocenters. The van der Waals surface area contributed by atoms with Crippen molar-refractivity contribution >= 4 is 5.97 Å².